The van der Waals surface area contributed by atoms with Gasteiger partial charge in [-0.05, 0) is 43.5 Å². The van der Waals surface area contributed by atoms with E-state index in [0.717, 1.165) is 37.6 Å². The highest BCUT2D eigenvalue weighted by Crippen LogP contribution is 2.29. The number of pyridine rings is 1. The first-order valence-corrected chi connectivity index (χ1v) is 8.83. The van der Waals surface area contributed by atoms with Crippen LogP contribution >= 0.6 is 0 Å². The monoisotopic (exact) mass is 373 g/mol. The molecule has 0 aliphatic carbocycles. The fourth-order valence-corrected chi connectivity index (χ4v) is 3.58. The van der Waals surface area contributed by atoms with Crippen molar-refractivity contribution in [3.63, 3.8) is 0 Å². The van der Waals surface area contributed by atoms with Gasteiger partial charge >= 0.3 is 0 Å². The third-order valence-corrected chi connectivity index (χ3v) is 5.01. The van der Waals surface area contributed by atoms with Gasteiger partial charge < -0.3 is 9.47 Å². The van der Waals surface area contributed by atoms with Gasteiger partial charge in [-0.1, -0.05) is 0 Å². The molecule has 4 nitrogen and oxygen atoms in total. The van der Waals surface area contributed by atoms with Gasteiger partial charge in [-0.2, -0.15) is 0 Å². The number of aromatic nitrogens is 2. The molecule has 1 aliphatic heterocycles. The van der Waals surface area contributed by atoms with Crippen LogP contribution in [0.3, 0.4) is 0 Å². The molecule has 1 fully saturated rings. The van der Waals surface area contributed by atoms with Crippen LogP contribution in [0, 0.1) is 24.4 Å². The van der Waals surface area contributed by atoms with Crippen molar-refractivity contribution >= 4 is 16.9 Å². The van der Waals surface area contributed by atoms with Gasteiger partial charge in [-0.25, -0.2) is 13.2 Å². The Morgan fingerprint density at radius 2 is 1.89 bits per heavy atom. The predicted octanol–water partition coefficient (Wildman–Crippen LogP) is 4.05. The van der Waals surface area contributed by atoms with Crippen molar-refractivity contribution < 1.29 is 18.0 Å². The quantitative estimate of drug-likeness (QED) is 0.650. The molecule has 7 heteroatoms. The van der Waals surface area contributed by atoms with Crippen LogP contribution < -0.4 is 0 Å². The lowest BCUT2D eigenvalue weighted by Gasteiger charge is -2.16. The summed E-state index contributed by atoms with van der Waals surface area (Å²) in [6, 6.07) is 3.73. The molecule has 4 rings (SSSR count). The molecule has 1 aromatic carbocycles. The van der Waals surface area contributed by atoms with E-state index in [4.69, 9.17) is 0 Å². The number of halogens is 3. The molecule has 0 atom stereocenters. The molecular weight excluding hydrogens is 355 g/mol. The van der Waals surface area contributed by atoms with Crippen molar-refractivity contribution in [2.24, 2.45) is 0 Å². The number of likely N-dealkylation sites (tertiary alicyclic amines) is 1. The summed E-state index contributed by atoms with van der Waals surface area (Å²) in [5.74, 6) is -3.97. The van der Waals surface area contributed by atoms with Crippen molar-refractivity contribution in [2.45, 2.75) is 26.3 Å². The van der Waals surface area contributed by atoms with E-state index in [1.807, 2.05) is 18.0 Å². The number of rotatable bonds is 3. The molecule has 1 amide bonds. The molecule has 2 aromatic heterocycles. The standard InChI is InChI=1S/C20H18F3N3O/c1-12-10-26(11-17(27)25-6-2-3-7-25)16-8-13(9-24-20(12)16)14-4-5-15(21)19(23)18(14)22/h4-5,8-10H,2-3,6-7,11H2,1H3. The predicted molar refractivity (Wildman–Crippen MR) is 95.6 cm³/mol. The van der Waals surface area contributed by atoms with E-state index >= 15 is 0 Å². The van der Waals surface area contributed by atoms with Gasteiger partial charge in [0.05, 0.1) is 11.0 Å². The largest absolute Gasteiger partial charge is 0.341 e. The van der Waals surface area contributed by atoms with Crippen molar-refractivity contribution in [3.05, 3.63) is 53.6 Å². The minimum absolute atomic E-state index is 0.0220. The van der Waals surface area contributed by atoms with E-state index in [1.54, 1.807) is 10.6 Å². The number of carbonyl (C=O) groups excluding carboxylic acids is 1. The lowest BCUT2D eigenvalue weighted by Crippen LogP contribution is -2.30. The molecule has 0 saturated carbocycles. The second kappa shape index (κ2) is 6.72. The van der Waals surface area contributed by atoms with Crippen LogP contribution in [-0.4, -0.2) is 33.4 Å². The highest BCUT2D eigenvalue weighted by atomic mass is 19.2. The fraction of sp³-hybridized carbons (Fsp3) is 0.300. The summed E-state index contributed by atoms with van der Waals surface area (Å²) in [7, 11) is 0. The maximum atomic E-state index is 14.2. The Hall–Kier alpha value is -2.83. The summed E-state index contributed by atoms with van der Waals surface area (Å²) in [6.45, 7) is 3.57. The zero-order chi connectivity index (χ0) is 19.1. The minimum atomic E-state index is -1.51. The normalized spacial score (nSPS) is 14.3. The summed E-state index contributed by atoms with van der Waals surface area (Å²) in [5.41, 5.74) is 2.49. The molecule has 140 valence electrons. The summed E-state index contributed by atoms with van der Waals surface area (Å²) in [4.78, 5) is 18.7. The van der Waals surface area contributed by atoms with E-state index in [-0.39, 0.29) is 18.0 Å². The minimum Gasteiger partial charge on any atom is -0.341 e. The van der Waals surface area contributed by atoms with E-state index in [1.165, 1.54) is 12.3 Å². The summed E-state index contributed by atoms with van der Waals surface area (Å²) in [5, 5.41) is 0. The second-order valence-electron chi connectivity index (χ2n) is 6.84. The van der Waals surface area contributed by atoms with Crippen LogP contribution in [-0.2, 0) is 11.3 Å². The van der Waals surface area contributed by atoms with Crippen LogP contribution in [0.1, 0.15) is 18.4 Å². The number of nitrogens with zero attached hydrogens (tertiary/aromatic N) is 3. The summed E-state index contributed by atoms with van der Waals surface area (Å²) >= 11 is 0. The van der Waals surface area contributed by atoms with Gasteiger partial charge in [-0.3, -0.25) is 9.78 Å². The zero-order valence-electron chi connectivity index (χ0n) is 14.8. The van der Waals surface area contributed by atoms with Gasteiger partial charge in [0, 0.05) is 36.6 Å². The molecule has 0 bridgehead atoms. The highest BCUT2D eigenvalue weighted by molar-refractivity contribution is 5.86. The van der Waals surface area contributed by atoms with Gasteiger partial charge in [0.25, 0.3) is 0 Å². The summed E-state index contributed by atoms with van der Waals surface area (Å²) < 4.78 is 42.7. The number of fused-ring (bicyclic) bond motifs is 1. The number of aryl methyl sites for hydroxylation is 1. The topological polar surface area (TPSA) is 38.1 Å². The molecular formula is C20H18F3N3O. The third kappa shape index (κ3) is 3.07. The van der Waals surface area contributed by atoms with Gasteiger partial charge in [0.2, 0.25) is 5.91 Å². The number of hydrogen-bond donors (Lipinski definition) is 0. The van der Waals surface area contributed by atoms with Gasteiger partial charge in [0.15, 0.2) is 17.5 Å². The maximum Gasteiger partial charge on any atom is 0.242 e. The van der Waals surface area contributed by atoms with Crippen LogP contribution in [0.15, 0.2) is 30.6 Å². The lowest BCUT2D eigenvalue weighted by molar-refractivity contribution is -0.130. The maximum absolute atomic E-state index is 14.2. The Morgan fingerprint density at radius 3 is 2.63 bits per heavy atom. The smallest absolute Gasteiger partial charge is 0.242 e. The van der Waals surface area contributed by atoms with Crippen molar-refractivity contribution in [3.8, 4) is 11.1 Å². The van der Waals surface area contributed by atoms with Crippen molar-refractivity contribution in [1.82, 2.24) is 14.5 Å². The van der Waals surface area contributed by atoms with Crippen LogP contribution in [0.4, 0.5) is 13.2 Å². The van der Waals surface area contributed by atoms with E-state index in [2.05, 4.69) is 4.98 Å². The molecule has 1 aliphatic rings. The van der Waals surface area contributed by atoms with E-state index < -0.39 is 17.5 Å². The molecule has 3 heterocycles. The van der Waals surface area contributed by atoms with Crippen LogP contribution in [0.2, 0.25) is 0 Å². The Kier molecular flexibility index (Phi) is 4.37. The number of benzene rings is 1. The Morgan fingerprint density at radius 1 is 1.15 bits per heavy atom. The second-order valence-corrected chi connectivity index (χ2v) is 6.84. The Bertz CT molecular complexity index is 1040. The van der Waals surface area contributed by atoms with Crippen LogP contribution in [0.25, 0.3) is 22.2 Å². The van der Waals surface area contributed by atoms with E-state index in [9.17, 15) is 18.0 Å². The number of hydrogen-bond acceptors (Lipinski definition) is 2. The lowest BCUT2D eigenvalue weighted by atomic mass is 10.1. The average Bonchev–Trinajstić information content (AvgIpc) is 3.29. The molecule has 3 aromatic rings. The highest BCUT2D eigenvalue weighted by Gasteiger charge is 2.20. The van der Waals surface area contributed by atoms with E-state index in [0.29, 0.717) is 16.6 Å². The fourth-order valence-electron chi connectivity index (χ4n) is 3.58. The SMILES string of the molecule is Cc1cn(CC(=O)N2CCCC2)c2cc(-c3ccc(F)c(F)c3F)cnc12. The van der Waals surface area contributed by atoms with Crippen molar-refractivity contribution in [2.75, 3.05) is 13.1 Å². The molecule has 27 heavy (non-hydrogen) atoms. The van der Waals surface area contributed by atoms with Crippen molar-refractivity contribution in [1.29, 1.82) is 0 Å². The van der Waals surface area contributed by atoms with Gasteiger partial charge in [-0.15, -0.1) is 0 Å². The third-order valence-electron chi connectivity index (χ3n) is 5.01. The van der Waals surface area contributed by atoms with Gasteiger partial charge in [0.1, 0.15) is 6.54 Å². The molecule has 0 unspecified atom stereocenters. The molecule has 1 saturated heterocycles. The Labute approximate surface area is 154 Å². The molecule has 0 N–H and O–H groups in total. The first-order chi connectivity index (χ1) is 13.0. The first kappa shape index (κ1) is 17.6. The average molecular weight is 373 g/mol. The zero-order valence-corrected chi connectivity index (χ0v) is 14.8. The first-order valence-electron chi connectivity index (χ1n) is 8.83. The Balaban J connectivity index is 1.75. The molecule has 0 spiro atoms. The number of carbonyl (C=O) groups is 1. The summed E-state index contributed by atoms with van der Waals surface area (Å²) in [6.07, 6.45) is 5.28. The molecule has 0 radical (unpaired) electrons. The number of amides is 1. The van der Waals surface area contributed by atoms with Crippen LogP contribution in [0.5, 0.6) is 0 Å².